The molecule has 3 rings (SSSR count). The van der Waals surface area contributed by atoms with E-state index in [9.17, 15) is 4.79 Å². The molecule has 0 spiro atoms. The third-order valence-electron chi connectivity index (χ3n) is 3.96. The Kier molecular flexibility index (Phi) is 4.43. The molecule has 0 radical (unpaired) electrons. The predicted octanol–water partition coefficient (Wildman–Crippen LogP) is 3.83. The Bertz CT molecular complexity index is 919. The smallest absolute Gasteiger partial charge is 0.354 e. The van der Waals surface area contributed by atoms with Gasteiger partial charge in [-0.25, -0.2) is 4.79 Å². The number of benzene rings is 1. The van der Waals surface area contributed by atoms with Gasteiger partial charge in [0.05, 0.1) is 19.8 Å². The van der Waals surface area contributed by atoms with Gasteiger partial charge in [0.1, 0.15) is 22.9 Å². The van der Waals surface area contributed by atoms with Crippen molar-refractivity contribution in [1.29, 1.82) is 0 Å². The molecule has 0 unspecified atom stereocenters. The number of aromatic nitrogens is 2. The number of aryl methyl sites for hydroxylation is 1. The fraction of sp³-hybridized carbons (Fsp3) is 0.158. The largest absolute Gasteiger partial charge is 0.497 e. The molecule has 0 aliphatic rings. The number of carbonyl (C=O) groups excluding carboxylic acids is 1. The summed E-state index contributed by atoms with van der Waals surface area (Å²) in [6, 6.07) is 9.22. The first-order valence-corrected chi connectivity index (χ1v) is 7.62. The van der Waals surface area contributed by atoms with Gasteiger partial charge in [-0.1, -0.05) is 11.7 Å². The molecule has 6 heteroatoms. The van der Waals surface area contributed by atoms with Crippen molar-refractivity contribution in [2.24, 2.45) is 0 Å². The Hall–Kier alpha value is -3.28. The molecule has 128 valence electrons. The first-order valence-electron chi connectivity index (χ1n) is 7.62. The summed E-state index contributed by atoms with van der Waals surface area (Å²) in [4.78, 5) is 14.5. The molecule has 25 heavy (non-hydrogen) atoms. The van der Waals surface area contributed by atoms with Crippen LogP contribution in [0.5, 0.6) is 5.75 Å². The fourth-order valence-electron chi connectivity index (χ4n) is 2.61. The first kappa shape index (κ1) is 16.6. The maximum atomic E-state index is 11.6. The molecule has 0 bridgehead atoms. The topological polar surface area (TPSA) is 77.4 Å². The predicted molar refractivity (Wildman–Crippen MR) is 93.5 cm³/mol. The van der Waals surface area contributed by atoms with Gasteiger partial charge in [0.2, 0.25) is 0 Å². The number of nitrogens with zero attached hydrogens (tertiary/aromatic N) is 1. The molecule has 0 saturated carbocycles. The Labute approximate surface area is 145 Å². The monoisotopic (exact) mass is 338 g/mol. The SMILES string of the molecule is C=C(c1c[nH]c(C(=O)OC)c1)c1c(-c2ccc(OC)cc2)noc1C. The molecule has 6 nitrogen and oxygen atoms in total. The quantitative estimate of drug-likeness (QED) is 0.715. The van der Waals surface area contributed by atoms with Crippen LogP contribution in [0.25, 0.3) is 16.8 Å². The highest BCUT2D eigenvalue weighted by atomic mass is 16.5. The highest BCUT2D eigenvalue weighted by Gasteiger charge is 2.20. The lowest BCUT2D eigenvalue weighted by molar-refractivity contribution is 0.0595. The Morgan fingerprint density at radius 1 is 1.24 bits per heavy atom. The fourth-order valence-corrected chi connectivity index (χ4v) is 2.61. The number of carbonyl (C=O) groups is 1. The highest BCUT2D eigenvalue weighted by Crippen LogP contribution is 2.34. The van der Waals surface area contributed by atoms with Gasteiger partial charge in [0.15, 0.2) is 0 Å². The Morgan fingerprint density at radius 3 is 2.60 bits per heavy atom. The van der Waals surface area contributed by atoms with E-state index < -0.39 is 5.97 Å². The van der Waals surface area contributed by atoms with Gasteiger partial charge in [-0.3, -0.25) is 0 Å². The summed E-state index contributed by atoms with van der Waals surface area (Å²) in [7, 11) is 2.96. The molecule has 0 fully saturated rings. The lowest BCUT2D eigenvalue weighted by Crippen LogP contribution is -2.00. The maximum absolute atomic E-state index is 11.6. The van der Waals surface area contributed by atoms with E-state index in [1.54, 1.807) is 19.4 Å². The number of aromatic amines is 1. The zero-order chi connectivity index (χ0) is 18.0. The number of H-pyrrole nitrogens is 1. The summed E-state index contributed by atoms with van der Waals surface area (Å²) in [6.45, 7) is 5.98. The normalized spacial score (nSPS) is 10.5. The molecule has 1 aromatic carbocycles. The summed E-state index contributed by atoms with van der Waals surface area (Å²) in [6.07, 6.45) is 1.71. The summed E-state index contributed by atoms with van der Waals surface area (Å²) in [5.41, 5.74) is 4.19. The molecule has 0 amide bonds. The minimum Gasteiger partial charge on any atom is -0.497 e. The standard InChI is InChI=1S/C19H18N2O4/c1-11(14-9-16(20-10-14)19(22)24-4)17-12(2)25-21-18(17)13-5-7-15(23-3)8-6-13/h5-10,20H,1H2,2-4H3. The van der Waals surface area contributed by atoms with Gasteiger partial charge < -0.3 is 19.0 Å². The average Bonchev–Trinajstić information content (AvgIpc) is 3.28. The summed E-state index contributed by atoms with van der Waals surface area (Å²) in [5, 5.41) is 4.17. The number of hydrogen-bond donors (Lipinski definition) is 1. The average molecular weight is 338 g/mol. The van der Waals surface area contributed by atoms with Crippen LogP contribution in [0.4, 0.5) is 0 Å². The van der Waals surface area contributed by atoms with Crippen molar-refractivity contribution in [1.82, 2.24) is 10.1 Å². The summed E-state index contributed by atoms with van der Waals surface area (Å²) >= 11 is 0. The Balaban J connectivity index is 1.99. The summed E-state index contributed by atoms with van der Waals surface area (Å²) < 4.78 is 15.3. The minimum absolute atomic E-state index is 0.360. The second-order valence-corrected chi connectivity index (χ2v) is 5.46. The van der Waals surface area contributed by atoms with Crippen LogP contribution in [-0.4, -0.2) is 30.3 Å². The third-order valence-corrected chi connectivity index (χ3v) is 3.96. The van der Waals surface area contributed by atoms with Gasteiger partial charge in [-0.05, 0) is 42.8 Å². The number of esters is 1. The second kappa shape index (κ2) is 6.68. The lowest BCUT2D eigenvalue weighted by atomic mass is 9.96. The molecule has 1 N–H and O–H groups in total. The zero-order valence-electron chi connectivity index (χ0n) is 14.3. The molecule has 0 atom stereocenters. The first-order chi connectivity index (χ1) is 12.0. The highest BCUT2D eigenvalue weighted by molar-refractivity contribution is 5.92. The van der Waals surface area contributed by atoms with Crippen LogP contribution in [0.3, 0.4) is 0 Å². The van der Waals surface area contributed by atoms with Crippen molar-refractivity contribution in [2.45, 2.75) is 6.92 Å². The van der Waals surface area contributed by atoms with Crippen molar-refractivity contribution in [2.75, 3.05) is 14.2 Å². The van der Waals surface area contributed by atoms with Crippen LogP contribution in [0.1, 0.15) is 27.4 Å². The molecular weight excluding hydrogens is 320 g/mol. The number of nitrogens with one attached hydrogen (secondary N) is 1. The van der Waals surface area contributed by atoms with E-state index in [1.807, 2.05) is 31.2 Å². The van der Waals surface area contributed by atoms with E-state index in [1.165, 1.54) is 7.11 Å². The molecule has 0 aliphatic heterocycles. The third kappa shape index (κ3) is 3.06. The van der Waals surface area contributed by atoms with Crippen molar-refractivity contribution in [3.63, 3.8) is 0 Å². The molecule has 3 aromatic rings. The molecule has 0 aliphatic carbocycles. The van der Waals surface area contributed by atoms with Crippen LogP contribution in [-0.2, 0) is 4.74 Å². The van der Waals surface area contributed by atoms with Gasteiger partial charge in [-0.15, -0.1) is 0 Å². The van der Waals surface area contributed by atoms with Crippen LogP contribution < -0.4 is 4.74 Å². The van der Waals surface area contributed by atoms with E-state index in [-0.39, 0.29) is 0 Å². The van der Waals surface area contributed by atoms with Crippen LogP contribution in [0.15, 0.2) is 47.6 Å². The van der Waals surface area contributed by atoms with E-state index in [2.05, 4.69) is 16.7 Å². The number of hydrogen-bond acceptors (Lipinski definition) is 5. The van der Waals surface area contributed by atoms with Gasteiger partial charge in [-0.2, -0.15) is 0 Å². The number of methoxy groups -OCH3 is 2. The van der Waals surface area contributed by atoms with Crippen molar-refractivity contribution in [3.8, 4) is 17.0 Å². The van der Waals surface area contributed by atoms with Crippen LogP contribution >= 0.6 is 0 Å². The van der Waals surface area contributed by atoms with Crippen LogP contribution in [0.2, 0.25) is 0 Å². The minimum atomic E-state index is -0.434. The van der Waals surface area contributed by atoms with E-state index in [0.29, 0.717) is 22.7 Å². The molecule has 2 aromatic heterocycles. The number of rotatable bonds is 5. The number of ether oxygens (including phenoxy) is 2. The molecular formula is C19H18N2O4. The van der Waals surface area contributed by atoms with Crippen LogP contribution in [0, 0.1) is 6.92 Å². The van der Waals surface area contributed by atoms with Crippen molar-refractivity contribution >= 4 is 11.5 Å². The maximum Gasteiger partial charge on any atom is 0.354 e. The summed E-state index contributed by atoms with van der Waals surface area (Å²) in [5.74, 6) is 0.978. The lowest BCUT2D eigenvalue weighted by Gasteiger charge is -2.06. The molecule has 0 saturated heterocycles. The second-order valence-electron chi connectivity index (χ2n) is 5.46. The van der Waals surface area contributed by atoms with Gasteiger partial charge >= 0.3 is 5.97 Å². The van der Waals surface area contributed by atoms with Gasteiger partial charge in [0, 0.05) is 17.3 Å². The van der Waals surface area contributed by atoms with Gasteiger partial charge in [0.25, 0.3) is 0 Å². The van der Waals surface area contributed by atoms with E-state index in [4.69, 9.17) is 14.0 Å². The zero-order valence-corrected chi connectivity index (χ0v) is 14.3. The molecule has 2 heterocycles. The van der Waals surface area contributed by atoms with Crippen molar-refractivity contribution in [3.05, 3.63) is 65.7 Å². The van der Waals surface area contributed by atoms with E-state index >= 15 is 0 Å². The van der Waals surface area contributed by atoms with E-state index in [0.717, 1.165) is 22.4 Å². The van der Waals surface area contributed by atoms with Crippen molar-refractivity contribution < 1.29 is 18.8 Å². The Morgan fingerprint density at radius 2 is 1.96 bits per heavy atom.